The van der Waals surface area contributed by atoms with Gasteiger partial charge >= 0.3 is 5.97 Å². The molecule has 0 bridgehead atoms. The Morgan fingerprint density at radius 3 is 2.14 bits per heavy atom. The van der Waals surface area contributed by atoms with Crippen LogP contribution in [0, 0.1) is 11.8 Å². The zero-order valence-electron chi connectivity index (χ0n) is 18.1. The molecular weight excluding hydrogens is 348 g/mol. The van der Waals surface area contributed by atoms with Crippen LogP contribution in [0.5, 0.6) is 5.75 Å². The number of rotatable bonds is 13. The van der Waals surface area contributed by atoms with E-state index in [2.05, 4.69) is 13.8 Å². The zero-order chi connectivity index (χ0) is 20.0. The predicted octanol–water partition coefficient (Wildman–Crippen LogP) is 7.19. The van der Waals surface area contributed by atoms with Gasteiger partial charge in [0.1, 0.15) is 5.75 Å². The molecule has 1 fully saturated rings. The molecule has 1 aliphatic rings. The molecule has 2 atom stereocenters. The van der Waals surface area contributed by atoms with Crippen molar-refractivity contribution in [1.82, 2.24) is 0 Å². The van der Waals surface area contributed by atoms with Crippen molar-refractivity contribution in [2.24, 2.45) is 11.8 Å². The topological polar surface area (TPSA) is 35.5 Å². The highest BCUT2D eigenvalue weighted by Crippen LogP contribution is 2.36. The maximum Gasteiger partial charge on any atom is 0.338 e. The van der Waals surface area contributed by atoms with Crippen LogP contribution in [0.4, 0.5) is 0 Å². The average Bonchev–Trinajstić information content (AvgIpc) is 2.73. The van der Waals surface area contributed by atoms with Gasteiger partial charge in [-0.25, -0.2) is 4.79 Å². The van der Waals surface area contributed by atoms with Crippen LogP contribution in [0.25, 0.3) is 0 Å². The van der Waals surface area contributed by atoms with Gasteiger partial charge in [0.05, 0.1) is 18.8 Å². The van der Waals surface area contributed by atoms with Gasteiger partial charge in [-0.3, -0.25) is 0 Å². The second kappa shape index (κ2) is 13.6. The van der Waals surface area contributed by atoms with Gasteiger partial charge in [0.2, 0.25) is 0 Å². The summed E-state index contributed by atoms with van der Waals surface area (Å²) in [5.41, 5.74) is 0.598. The fraction of sp³-hybridized carbons (Fsp3) is 0.720. The van der Waals surface area contributed by atoms with E-state index in [1.54, 1.807) is 12.1 Å². The lowest BCUT2D eigenvalue weighted by Crippen LogP contribution is -2.20. The van der Waals surface area contributed by atoms with Crippen molar-refractivity contribution in [1.29, 1.82) is 0 Å². The van der Waals surface area contributed by atoms with Gasteiger partial charge in [0, 0.05) is 0 Å². The van der Waals surface area contributed by atoms with Crippen LogP contribution >= 0.6 is 0 Å². The minimum atomic E-state index is -0.244. The van der Waals surface area contributed by atoms with Crippen molar-refractivity contribution in [3.63, 3.8) is 0 Å². The first kappa shape index (κ1) is 22.8. The second-order valence-electron chi connectivity index (χ2n) is 8.30. The molecule has 1 saturated carbocycles. The molecule has 2 unspecified atom stereocenters. The van der Waals surface area contributed by atoms with Crippen molar-refractivity contribution in [2.75, 3.05) is 13.2 Å². The summed E-state index contributed by atoms with van der Waals surface area (Å²) in [5, 5.41) is 0. The average molecular weight is 389 g/mol. The highest BCUT2D eigenvalue weighted by Gasteiger charge is 2.24. The maximum atomic E-state index is 11.9. The number of hydrogen-bond acceptors (Lipinski definition) is 3. The fourth-order valence-corrected chi connectivity index (χ4v) is 4.32. The van der Waals surface area contributed by atoms with Crippen molar-refractivity contribution < 1.29 is 14.3 Å². The summed E-state index contributed by atoms with van der Waals surface area (Å²) in [7, 11) is 0. The summed E-state index contributed by atoms with van der Waals surface area (Å²) in [4.78, 5) is 11.9. The first-order valence-corrected chi connectivity index (χ1v) is 11.6. The summed E-state index contributed by atoms with van der Waals surface area (Å²) < 4.78 is 11.2. The van der Waals surface area contributed by atoms with Crippen LogP contribution in [-0.4, -0.2) is 19.2 Å². The van der Waals surface area contributed by atoms with Gasteiger partial charge in [0.15, 0.2) is 0 Å². The van der Waals surface area contributed by atoms with Crippen LogP contribution in [0.3, 0.4) is 0 Å². The molecule has 0 N–H and O–H groups in total. The molecule has 28 heavy (non-hydrogen) atoms. The molecule has 3 heteroatoms. The number of ether oxygens (including phenoxy) is 2. The van der Waals surface area contributed by atoms with Gasteiger partial charge < -0.3 is 9.47 Å². The van der Waals surface area contributed by atoms with Crippen molar-refractivity contribution in [2.45, 2.75) is 90.9 Å². The first-order chi connectivity index (χ1) is 13.7. The molecule has 158 valence electrons. The van der Waals surface area contributed by atoms with Gasteiger partial charge in [0.25, 0.3) is 0 Å². The van der Waals surface area contributed by atoms with E-state index >= 15 is 0 Å². The first-order valence-electron chi connectivity index (χ1n) is 11.6. The third-order valence-electron chi connectivity index (χ3n) is 6.05. The molecule has 2 rings (SSSR count). The van der Waals surface area contributed by atoms with E-state index in [-0.39, 0.29) is 5.97 Å². The Kier molecular flexibility index (Phi) is 11.1. The molecule has 0 amide bonds. The second-order valence-corrected chi connectivity index (χ2v) is 8.30. The molecular formula is C25H40O3. The molecule has 0 heterocycles. The van der Waals surface area contributed by atoms with Crippen LogP contribution in [-0.2, 0) is 4.74 Å². The normalized spacial score (nSPS) is 19.4. The van der Waals surface area contributed by atoms with E-state index in [0.717, 1.165) is 43.5 Å². The van der Waals surface area contributed by atoms with E-state index in [9.17, 15) is 4.79 Å². The molecule has 0 aliphatic heterocycles. The predicted molar refractivity (Wildman–Crippen MR) is 116 cm³/mol. The lowest BCUT2D eigenvalue weighted by atomic mass is 9.74. The van der Waals surface area contributed by atoms with E-state index in [4.69, 9.17) is 9.47 Å². The minimum absolute atomic E-state index is 0.244. The summed E-state index contributed by atoms with van der Waals surface area (Å²) in [5.74, 6) is 2.44. The molecule has 0 saturated heterocycles. The highest BCUT2D eigenvalue weighted by atomic mass is 16.5. The third-order valence-corrected chi connectivity index (χ3v) is 6.05. The Balaban J connectivity index is 1.67. The summed E-state index contributed by atoms with van der Waals surface area (Å²) in [6.07, 6.45) is 15.6. The molecule has 0 spiro atoms. The summed E-state index contributed by atoms with van der Waals surface area (Å²) in [6.45, 7) is 5.63. The number of benzene rings is 1. The molecule has 0 radical (unpaired) electrons. The van der Waals surface area contributed by atoms with Crippen LogP contribution in [0.2, 0.25) is 0 Å². The SMILES string of the molecule is CCCCCC1CCCCC1CCCOc1ccc(C(=O)OCCCC)cc1. The molecule has 0 aromatic heterocycles. The van der Waals surface area contributed by atoms with Gasteiger partial charge in [-0.05, 0) is 55.4 Å². The number of carbonyl (C=O) groups excluding carboxylic acids is 1. The Morgan fingerprint density at radius 2 is 1.50 bits per heavy atom. The molecule has 1 aliphatic carbocycles. The van der Waals surface area contributed by atoms with Crippen LogP contribution in [0.1, 0.15) is 101 Å². The highest BCUT2D eigenvalue weighted by molar-refractivity contribution is 5.89. The smallest absolute Gasteiger partial charge is 0.338 e. The van der Waals surface area contributed by atoms with Gasteiger partial charge in [-0.1, -0.05) is 71.6 Å². The third kappa shape index (κ3) is 8.24. The Hall–Kier alpha value is -1.51. The Morgan fingerprint density at radius 1 is 0.857 bits per heavy atom. The molecule has 3 nitrogen and oxygen atoms in total. The number of hydrogen-bond donors (Lipinski definition) is 0. The summed E-state index contributed by atoms with van der Waals surface area (Å²) in [6, 6.07) is 7.36. The lowest BCUT2D eigenvalue weighted by Gasteiger charge is -2.31. The molecule has 1 aromatic rings. The van der Waals surface area contributed by atoms with Gasteiger partial charge in [-0.15, -0.1) is 0 Å². The maximum absolute atomic E-state index is 11.9. The Bertz CT molecular complexity index is 537. The number of unbranched alkanes of at least 4 members (excludes halogenated alkanes) is 3. The standard InChI is InChI=1S/C25H40O3/c1-3-5-7-11-21-12-8-9-13-22(21)14-10-20-27-24-17-15-23(16-18-24)25(26)28-19-6-4-2/h15-18,21-22H,3-14,19-20H2,1-2H3. The Labute approximate surface area is 172 Å². The van der Waals surface area contributed by atoms with E-state index in [1.165, 1.54) is 57.8 Å². The van der Waals surface area contributed by atoms with E-state index < -0.39 is 0 Å². The molecule has 1 aromatic carbocycles. The van der Waals surface area contributed by atoms with Crippen molar-refractivity contribution in [3.8, 4) is 5.75 Å². The minimum Gasteiger partial charge on any atom is -0.494 e. The van der Waals surface area contributed by atoms with E-state index in [0.29, 0.717) is 12.2 Å². The quantitative estimate of drug-likeness (QED) is 0.265. The van der Waals surface area contributed by atoms with Crippen molar-refractivity contribution >= 4 is 5.97 Å². The van der Waals surface area contributed by atoms with Crippen molar-refractivity contribution in [3.05, 3.63) is 29.8 Å². The van der Waals surface area contributed by atoms with Crippen LogP contribution in [0.15, 0.2) is 24.3 Å². The lowest BCUT2D eigenvalue weighted by molar-refractivity contribution is 0.0499. The monoisotopic (exact) mass is 388 g/mol. The zero-order valence-corrected chi connectivity index (χ0v) is 18.1. The fourth-order valence-electron chi connectivity index (χ4n) is 4.32. The summed E-state index contributed by atoms with van der Waals surface area (Å²) >= 11 is 0. The number of carbonyl (C=O) groups is 1. The van der Waals surface area contributed by atoms with Crippen LogP contribution < -0.4 is 4.74 Å². The van der Waals surface area contributed by atoms with Gasteiger partial charge in [-0.2, -0.15) is 0 Å². The largest absolute Gasteiger partial charge is 0.494 e. The number of esters is 1. The van der Waals surface area contributed by atoms with E-state index in [1.807, 2.05) is 12.1 Å².